The summed E-state index contributed by atoms with van der Waals surface area (Å²) in [5, 5.41) is 22.1. The van der Waals surface area contributed by atoms with Gasteiger partial charge in [0.2, 0.25) is 17.7 Å². The van der Waals surface area contributed by atoms with Crippen LogP contribution in [-0.4, -0.2) is 58.0 Å². The van der Waals surface area contributed by atoms with Gasteiger partial charge in [0.25, 0.3) is 0 Å². The summed E-state index contributed by atoms with van der Waals surface area (Å²) in [4.78, 5) is 56.6. The van der Waals surface area contributed by atoms with E-state index in [2.05, 4.69) is 10.6 Å². The highest BCUT2D eigenvalue weighted by molar-refractivity contribution is 5.93. The number of carbonyl (C=O) groups is 5. The van der Waals surface area contributed by atoms with E-state index in [0.717, 1.165) is 0 Å². The molecule has 0 rings (SSSR count). The summed E-state index contributed by atoms with van der Waals surface area (Å²) in [6.45, 7) is 3.22. The van der Waals surface area contributed by atoms with E-state index >= 15 is 0 Å². The molecule has 0 aromatic carbocycles. The van der Waals surface area contributed by atoms with Gasteiger partial charge in [-0.05, 0) is 12.3 Å². The van der Waals surface area contributed by atoms with Crippen LogP contribution in [0.1, 0.15) is 33.1 Å². The van der Waals surface area contributed by atoms with Gasteiger partial charge in [-0.2, -0.15) is 0 Å². The molecule has 0 aliphatic rings. The van der Waals surface area contributed by atoms with Crippen molar-refractivity contribution in [3.05, 3.63) is 0 Å². The third kappa shape index (κ3) is 8.65. The van der Waals surface area contributed by atoms with Gasteiger partial charge in [-0.25, -0.2) is 4.79 Å². The Labute approximate surface area is 144 Å². The molecule has 0 radical (unpaired) electrons. The highest BCUT2D eigenvalue weighted by atomic mass is 16.4. The first-order chi connectivity index (χ1) is 11.5. The molecule has 25 heavy (non-hydrogen) atoms. The lowest BCUT2D eigenvalue weighted by Crippen LogP contribution is -2.56. The molecule has 0 saturated carbocycles. The fraction of sp³-hybridized carbons (Fsp3) is 0.643. The summed E-state index contributed by atoms with van der Waals surface area (Å²) in [5.74, 6) is -5.44. The molecule has 0 bridgehead atoms. The highest BCUT2D eigenvalue weighted by Gasteiger charge is 2.30. The van der Waals surface area contributed by atoms with Crippen LogP contribution in [0.3, 0.4) is 0 Å². The molecule has 0 heterocycles. The van der Waals surface area contributed by atoms with E-state index in [0.29, 0.717) is 0 Å². The minimum absolute atomic E-state index is 0.118. The molecule has 11 nitrogen and oxygen atoms in total. The van der Waals surface area contributed by atoms with E-state index in [1.807, 2.05) is 0 Å². The number of nitrogens with two attached hydrogens (primary N) is 2. The van der Waals surface area contributed by atoms with Crippen molar-refractivity contribution in [2.45, 2.75) is 51.2 Å². The van der Waals surface area contributed by atoms with Crippen LogP contribution in [0.4, 0.5) is 0 Å². The van der Waals surface area contributed by atoms with Crippen molar-refractivity contribution in [3.8, 4) is 0 Å². The van der Waals surface area contributed by atoms with Gasteiger partial charge in [0.05, 0.1) is 12.5 Å². The number of hydrogen-bond donors (Lipinski definition) is 6. The number of nitrogens with one attached hydrogen (secondary N) is 2. The van der Waals surface area contributed by atoms with Gasteiger partial charge in [0.1, 0.15) is 12.1 Å². The predicted octanol–water partition coefficient (Wildman–Crippen LogP) is -2.24. The van der Waals surface area contributed by atoms with Gasteiger partial charge < -0.3 is 32.3 Å². The Morgan fingerprint density at radius 2 is 1.56 bits per heavy atom. The van der Waals surface area contributed by atoms with E-state index in [4.69, 9.17) is 21.7 Å². The third-order valence-corrected chi connectivity index (χ3v) is 3.27. The second kappa shape index (κ2) is 10.2. The van der Waals surface area contributed by atoms with Crippen molar-refractivity contribution in [2.24, 2.45) is 17.4 Å². The average Bonchev–Trinajstić information content (AvgIpc) is 2.47. The van der Waals surface area contributed by atoms with Gasteiger partial charge in [0.15, 0.2) is 0 Å². The maximum absolute atomic E-state index is 12.2. The van der Waals surface area contributed by atoms with Gasteiger partial charge in [-0.3, -0.25) is 19.2 Å². The third-order valence-electron chi connectivity index (χ3n) is 3.27. The lowest BCUT2D eigenvalue weighted by atomic mass is 10.0. The molecule has 0 aromatic heterocycles. The zero-order valence-electron chi connectivity index (χ0n) is 14.0. The fourth-order valence-corrected chi connectivity index (χ4v) is 1.87. The van der Waals surface area contributed by atoms with Gasteiger partial charge in [-0.15, -0.1) is 0 Å². The van der Waals surface area contributed by atoms with Crippen molar-refractivity contribution in [1.82, 2.24) is 10.6 Å². The molecule has 0 aliphatic carbocycles. The minimum Gasteiger partial charge on any atom is -0.481 e. The number of carboxylic acids is 2. The summed E-state index contributed by atoms with van der Waals surface area (Å²) >= 11 is 0. The second-order valence-electron chi connectivity index (χ2n) is 5.84. The van der Waals surface area contributed by atoms with Gasteiger partial charge >= 0.3 is 11.9 Å². The Hall–Kier alpha value is -2.69. The first-order valence-corrected chi connectivity index (χ1v) is 7.54. The van der Waals surface area contributed by atoms with Crippen LogP contribution in [0.2, 0.25) is 0 Å². The zero-order valence-corrected chi connectivity index (χ0v) is 14.0. The lowest BCUT2D eigenvalue weighted by molar-refractivity contribution is -0.144. The summed E-state index contributed by atoms with van der Waals surface area (Å²) in [6.07, 6.45) is -1.03. The summed E-state index contributed by atoms with van der Waals surface area (Å²) < 4.78 is 0. The molecule has 142 valence electrons. The topological polar surface area (TPSA) is 202 Å². The molecule has 0 aromatic rings. The molecule has 0 aliphatic heterocycles. The minimum atomic E-state index is -1.52. The molecule has 3 amide bonds. The zero-order chi connectivity index (χ0) is 19.7. The van der Waals surface area contributed by atoms with Crippen LogP contribution < -0.4 is 22.1 Å². The highest BCUT2D eigenvalue weighted by Crippen LogP contribution is 2.05. The Kier molecular flexibility index (Phi) is 9.13. The van der Waals surface area contributed by atoms with Crippen LogP contribution in [0, 0.1) is 5.92 Å². The lowest BCUT2D eigenvalue weighted by Gasteiger charge is -2.25. The average molecular weight is 360 g/mol. The van der Waals surface area contributed by atoms with Crippen LogP contribution in [0.25, 0.3) is 0 Å². The molecule has 0 saturated heterocycles. The monoisotopic (exact) mass is 360 g/mol. The van der Waals surface area contributed by atoms with Gasteiger partial charge in [0, 0.05) is 6.42 Å². The number of amides is 3. The van der Waals surface area contributed by atoms with Crippen LogP contribution in [-0.2, 0) is 24.0 Å². The molecule has 0 fully saturated rings. The Morgan fingerprint density at radius 1 is 1.00 bits per heavy atom. The van der Waals surface area contributed by atoms with Crippen molar-refractivity contribution < 1.29 is 34.2 Å². The van der Waals surface area contributed by atoms with E-state index < -0.39 is 60.1 Å². The Morgan fingerprint density at radius 3 is 1.96 bits per heavy atom. The normalized spacial score (nSPS) is 14.2. The molecule has 0 spiro atoms. The molecular formula is C14H24N4O7. The summed E-state index contributed by atoms with van der Waals surface area (Å²) in [6, 6.07) is -3.77. The summed E-state index contributed by atoms with van der Waals surface area (Å²) in [5.41, 5.74) is 10.5. The predicted molar refractivity (Wildman–Crippen MR) is 85.0 cm³/mol. The first-order valence-electron chi connectivity index (χ1n) is 7.54. The van der Waals surface area contributed by atoms with E-state index in [1.165, 1.54) is 0 Å². The van der Waals surface area contributed by atoms with Crippen molar-refractivity contribution >= 4 is 29.7 Å². The maximum Gasteiger partial charge on any atom is 0.326 e. The Balaban J connectivity index is 4.94. The number of primary amides is 1. The molecule has 11 heteroatoms. The van der Waals surface area contributed by atoms with Gasteiger partial charge in [-0.1, -0.05) is 13.8 Å². The number of rotatable bonds is 11. The van der Waals surface area contributed by atoms with Crippen LogP contribution in [0.15, 0.2) is 0 Å². The number of hydrogen-bond acceptors (Lipinski definition) is 6. The number of aliphatic carboxylic acids is 2. The largest absolute Gasteiger partial charge is 0.481 e. The standard InChI is InChI=1S/C14H24N4O7/c1-6(2)11(18-12(22)7(15)3-4-10(20)21)13(23)17-8(14(24)25)5-9(16)19/h6-8,11H,3-5,15H2,1-2H3,(H2,16,19)(H,17,23)(H,18,22)(H,20,21)(H,24,25). The van der Waals surface area contributed by atoms with E-state index in [-0.39, 0.29) is 12.8 Å². The maximum atomic E-state index is 12.2. The smallest absolute Gasteiger partial charge is 0.326 e. The van der Waals surface area contributed by atoms with Crippen molar-refractivity contribution in [3.63, 3.8) is 0 Å². The van der Waals surface area contributed by atoms with Crippen molar-refractivity contribution in [1.29, 1.82) is 0 Å². The van der Waals surface area contributed by atoms with E-state index in [1.54, 1.807) is 13.8 Å². The first kappa shape index (κ1) is 22.3. The molecular weight excluding hydrogens is 336 g/mol. The van der Waals surface area contributed by atoms with Crippen LogP contribution >= 0.6 is 0 Å². The number of carboxylic acid groups (broad SMARTS) is 2. The SMILES string of the molecule is CC(C)C(NC(=O)C(N)CCC(=O)O)C(=O)NC(CC(N)=O)C(=O)O. The summed E-state index contributed by atoms with van der Waals surface area (Å²) in [7, 11) is 0. The number of carbonyl (C=O) groups excluding carboxylic acids is 3. The molecule has 3 atom stereocenters. The quantitative estimate of drug-likeness (QED) is 0.237. The molecule has 3 unspecified atom stereocenters. The van der Waals surface area contributed by atoms with Crippen molar-refractivity contribution in [2.75, 3.05) is 0 Å². The second-order valence-corrected chi connectivity index (χ2v) is 5.84. The Bertz CT molecular complexity index is 535. The fourth-order valence-electron chi connectivity index (χ4n) is 1.87. The van der Waals surface area contributed by atoms with Crippen LogP contribution in [0.5, 0.6) is 0 Å². The molecule has 8 N–H and O–H groups in total. The van der Waals surface area contributed by atoms with E-state index in [9.17, 15) is 24.0 Å².